The molecule has 0 atom stereocenters. The Hall–Kier alpha value is -1.51. The van der Waals surface area contributed by atoms with E-state index < -0.39 is 0 Å². The number of nitrogens with zero attached hydrogens (tertiary/aromatic N) is 1. The average Bonchev–Trinajstić information content (AvgIpc) is 2.61. The molecule has 118 valence electrons. The van der Waals surface area contributed by atoms with Gasteiger partial charge in [-0.3, -0.25) is 4.79 Å². The SMILES string of the molecule is C\C1=C/C=C\C=C\CCN1C.O=CNCC1CCCCC1. The van der Waals surface area contributed by atoms with Gasteiger partial charge in [0.25, 0.3) is 0 Å². The molecule has 0 aromatic heterocycles. The normalized spacial score (nSPS) is 25.0. The van der Waals surface area contributed by atoms with Crippen molar-refractivity contribution >= 4 is 6.41 Å². The van der Waals surface area contributed by atoms with Crippen LogP contribution in [0.15, 0.2) is 36.1 Å². The van der Waals surface area contributed by atoms with Gasteiger partial charge in [-0.25, -0.2) is 0 Å². The molecular formula is C18H30N2O. The van der Waals surface area contributed by atoms with E-state index in [0.717, 1.165) is 31.8 Å². The van der Waals surface area contributed by atoms with Crippen LogP contribution in [0.1, 0.15) is 45.4 Å². The fourth-order valence-electron chi connectivity index (χ4n) is 2.61. The standard InChI is InChI=1S/C10H15N.C8H15NO/c1-10-8-6-4-3-5-7-9-11(10)2;10-7-9-6-8-4-2-1-3-5-8/h3-6,8H,7,9H2,1-2H3;7-8H,1-6H2,(H,9,10)/b5-3+,6-4-,10-8+;. The van der Waals surface area contributed by atoms with Crippen molar-refractivity contribution in [3.05, 3.63) is 36.1 Å². The molecule has 1 saturated carbocycles. The summed E-state index contributed by atoms with van der Waals surface area (Å²) in [6.45, 7) is 4.14. The van der Waals surface area contributed by atoms with Crippen molar-refractivity contribution in [1.82, 2.24) is 10.2 Å². The molecule has 21 heavy (non-hydrogen) atoms. The van der Waals surface area contributed by atoms with E-state index in [1.54, 1.807) is 0 Å². The Labute approximate surface area is 129 Å². The second-order valence-corrected chi connectivity index (χ2v) is 5.86. The Morgan fingerprint density at radius 1 is 1.24 bits per heavy atom. The predicted octanol–water partition coefficient (Wildman–Crippen LogP) is 3.65. The molecule has 0 spiro atoms. The number of hydrogen-bond acceptors (Lipinski definition) is 2. The van der Waals surface area contributed by atoms with Crippen LogP contribution >= 0.6 is 0 Å². The molecule has 1 N–H and O–H groups in total. The van der Waals surface area contributed by atoms with Gasteiger partial charge in [-0.15, -0.1) is 0 Å². The van der Waals surface area contributed by atoms with Gasteiger partial charge in [0, 0.05) is 25.8 Å². The Morgan fingerprint density at radius 3 is 2.71 bits per heavy atom. The van der Waals surface area contributed by atoms with E-state index in [1.807, 2.05) is 0 Å². The first-order valence-electron chi connectivity index (χ1n) is 8.12. The third-order valence-corrected chi connectivity index (χ3v) is 4.14. The van der Waals surface area contributed by atoms with Gasteiger partial charge in [0.15, 0.2) is 0 Å². The van der Waals surface area contributed by atoms with E-state index in [0.29, 0.717) is 0 Å². The highest BCUT2D eigenvalue weighted by molar-refractivity contribution is 5.45. The van der Waals surface area contributed by atoms with E-state index in [2.05, 4.69) is 54.6 Å². The second kappa shape index (κ2) is 11.2. The minimum Gasteiger partial charge on any atom is -0.378 e. The van der Waals surface area contributed by atoms with Crippen LogP contribution in [0.25, 0.3) is 0 Å². The molecule has 0 aromatic carbocycles. The largest absolute Gasteiger partial charge is 0.378 e. The summed E-state index contributed by atoms with van der Waals surface area (Å²) in [6.07, 6.45) is 19.2. The van der Waals surface area contributed by atoms with E-state index in [4.69, 9.17) is 0 Å². The molecule has 0 radical (unpaired) electrons. The van der Waals surface area contributed by atoms with Gasteiger partial charge in [-0.1, -0.05) is 43.6 Å². The number of rotatable bonds is 3. The zero-order valence-electron chi connectivity index (χ0n) is 13.6. The molecule has 3 nitrogen and oxygen atoms in total. The topological polar surface area (TPSA) is 32.3 Å². The van der Waals surface area contributed by atoms with Gasteiger partial charge < -0.3 is 10.2 Å². The summed E-state index contributed by atoms with van der Waals surface area (Å²) in [5.41, 5.74) is 1.32. The lowest BCUT2D eigenvalue weighted by molar-refractivity contribution is -0.109. The highest BCUT2D eigenvalue weighted by atomic mass is 16.1. The molecule has 0 saturated heterocycles. The zero-order chi connectivity index (χ0) is 15.3. The molecule has 1 fully saturated rings. The van der Waals surface area contributed by atoms with Crippen LogP contribution in [0.5, 0.6) is 0 Å². The van der Waals surface area contributed by atoms with Crippen molar-refractivity contribution in [3.8, 4) is 0 Å². The van der Waals surface area contributed by atoms with Crippen molar-refractivity contribution in [2.24, 2.45) is 5.92 Å². The van der Waals surface area contributed by atoms with Crippen molar-refractivity contribution in [1.29, 1.82) is 0 Å². The lowest BCUT2D eigenvalue weighted by atomic mass is 9.89. The van der Waals surface area contributed by atoms with Crippen molar-refractivity contribution < 1.29 is 4.79 Å². The smallest absolute Gasteiger partial charge is 0.207 e. The fourth-order valence-corrected chi connectivity index (χ4v) is 2.61. The molecule has 0 bridgehead atoms. The van der Waals surface area contributed by atoms with Crippen molar-refractivity contribution in [2.45, 2.75) is 45.4 Å². The first-order valence-corrected chi connectivity index (χ1v) is 8.12. The highest BCUT2D eigenvalue weighted by Gasteiger charge is 2.11. The molecule has 3 heteroatoms. The number of hydrogen-bond donors (Lipinski definition) is 1. The van der Waals surface area contributed by atoms with Crippen LogP contribution in [-0.2, 0) is 4.79 Å². The van der Waals surface area contributed by atoms with Crippen LogP contribution in [0.3, 0.4) is 0 Å². The molecule has 1 heterocycles. The third-order valence-electron chi connectivity index (χ3n) is 4.14. The first-order chi connectivity index (χ1) is 10.2. The molecular weight excluding hydrogens is 260 g/mol. The van der Waals surface area contributed by atoms with Crippen LogP contribution in [0.4, 0.5) is 0 Å². The van der Waals surface area contributed by atoms with Gasteiger partial charge in [0.2, 0.25) is 6.41 Å². The number of allylic oxidation sites excluding steroid dienone is 5. The maximum absolute atomic E-state index is 9.94. The summed E-state index contributed by atoms with van der Waals surface area (Å²) in [4.78, 5) is 12.2. The first kappa shape index (κ1) is 17.5. The number of nitrogens with one attached hydrogen (secondary N) is 1. The average molecular weight is 290 g/mol. The Balaban J connectivity index is 0.000000211. The van der Waals surface area contributed by atoms with Gasteiger partial charge in [0.05, 0.1) is 0 Å². The predicted molar refractivity (Wildman–Crippen MR) is 89.9 cm³/mol. The van der Waals surface area contributed by atoms with E-state index in [1.165, 1.54) is 37.8 Å². The zero-order valence-corrected chi connectivity index (χ0v) is 13.6. The third kappa shape index (κ3) is 8.38. The number of carbonyl (C=O) groups is 1. The van der Waals surface area contributed by atoms with E-state index >= 15 is 0 Å². The molecule has 2 rings (SSSR count). The monoisotopic (exact) mass is 290 g/mol. The quantitative estimate of drug-likeness (QED) is 0.805. The minimum absolute atomic E-state index is 0.763. The highest BCUT2D eigenvalue weighted by Crippen LogP contribution is 2.22. The Kier molecular flexibility index (Phi) is 9.34. The Morgan fingerprint density at radius 2 is 2.00 bits per heavy atom. The summed E-state index contributed by atoms with van der Waals surface area (Å²) in [5, 5.41) is 2.74. The van der Waals surface area contributed by atoms with Crippen LogP contribution < -0.4 is 5.32 Å². The summed E-state index contributed by atoms with van der Waals surface area (Å²) in [6, 6.07) is 0. The lowest BCUT2D eigenvalue weighted by Gasteiger charge is -2.20. The number of carbonyl (C=O) groups excluding carboxylic acids is 1. The number of amides is 1. The van der Waals surface area contributed by atoms with Gasteiger partial charge >= 0.3 is 0 Å². The summed E-state index contributed by atoms with van der Waals surface area (Å²) >= 11 is 0. The molecule has 1 amide bonds. The van der Waals surface area contributed by atoms with Gasteiger partial charge in [0.1, 0.15) is 0 Å². The molecule has 0 unspecified atom stereocenters. The van der Waals surface area contributed by atoms with Crippen LogP contribution in [0, 0.1) is 5.92 Å². The van der Waals surface area contributed by atoms with Crippen LogP contribution in [-0.4, -0.2) is 31.4 Å². The Bertz CT molecular complexity index is 365. The summed E-state index contributed by atoms with van der Waals surface area (Å²) < 4.78 is 0. The maximum Gasteiger partial charge on any atom is 0.207 e. The molecule has 0 aromatic rings. The summed E-state index contributed by atoms with van der Waals surface area (Å²) in [5.74, 6) is 0.763. The summed E-state index contributed by atoms with van der Waals surface area (Å²) in [7, 11) is 2.12. The molecule has 1 aliphatic carbocycles. The lowest BCUT2D eigenvalue weighted by Crippen LogP contribution is -2.22. The van der Waals surface area contributed by atoms with Crippen molar-refractivity contribution in [3.63, 3.8) is 0 Å². The fraction of sp³-hybridized carbons (Fsp3) is 0.611. The van der Waals surface area contributed by atoms with Crippen molar-refractivity contribution in [2.75, 3.05) is 20.1 Å². The van der Waals surface area contributed by atoms with E-state index in [-0.39, 0.29) is 0 Å². The van der Waals surface area contributed by atoms with E-state index in [9.17, 15) is 4.79 Å². The van der Waals surface area contributed by atoms with Gasteiger partial charge in [-0.2, -0.15) is 0 Å². The minimum atomic E-state index is 0.763. The second-order valence-electron chi connectivity index (χ2n) is 5.86. The van der Waals surface area contributed by atoms with Gasteiger partial charge in [-0.05, 0) is 38.2 Å². The molecule has 2 aliphatic rings. The van der Waals surface area contributed by atoms with Crippen LogP contribution in [0.2, 0.25) is 0 Å². The molecule has 1 aliphatic heterocycles. The maximum atomic E-state index is 9.94.